The molecule has 0 aliphatic carbocycles. The van der Waals surface area contributed by atoms with Crippen molar-refractivity contribution in [3.63, 3.8) is 0 Å². The maximum Gasteiger partial charge on any atom is 0.328 e. The molecule has 0 bridgehead atoms. The molecule has 1 N–H and O–H groups in total. The van der Waals surface area contributed by atoms with Gasteiger partial charge in [0, 0.05) is 30.0 Å². The van der Waals surface area contributed by atoms with Crippen LogP contribution < -0.4 is 0 Å². The van der Waals surface area contributed by atoms with E-state index < -0.39 is 5.97 Å². The summed E-state index contributed by atoms with van der Waals surface area (Å²) in [5, 5.41) is 8.51. The van der Waals surface area contributed by atoms with Gasteiger partial charge in [0.1, 0.15) is 0 Å². The third kappa shape index (κ3) is 6.76. The van der Waals surface area contributed by atoms with Gasteiger partial charge >= 0.3 is 5.97 Å². The van der Waals surface area contributed by atoms with Crippen LogP contribution in [0.4, 0.5) is 0 Å². The Morgan fingerprint density at radius 3 is 2.44 bits per heavy atom. The molecule has 25 heavy (non-hydrogen) atoms. The number of nitrogens with zero attached hydrogens (tertiary/aromatic N) is 1. The monoisotopic (exact) mass is 335 g/mol. The summed E-state index contributed by atoms with van der Waals surface area (Å²) in [6, 6.07) is 12.8. The van der Waals surface area contributed by atoms with Crippen molar-refractivity contribution in [2.75, 3.05) is 0 Å². The van der Waals surface area contributed by atoms with E-state index in [2.05, 4.69) is 42.2 Å². The van der Waals surface area contributed by atoms with Crippen LogP contribution in [0.3, 0.4) is 0 Å². The van der Waals surface area contributed by atoms with Crippen molar-refractivity contribution in [1.82, 2.24) is 4.98 Å². The molecule has 3 heteroatoms. The summed E-state index contributed by atoms with van der Waals surface area (Å²) in [6.07, 6.45) is 13.7. The largest absolute Gasteiger partial charge is 0.478 e. The number of benzene rings is 1. The average Bonchev–Trinajstić information content (AvgIpc) is 2.63. The molecule has 0 aliphatic rings. The molecule has 2 rings (SSSR count). The zero-order valence-corrected chi connectivity index (χ0v) is 14.7. The summed E-state index contributed by atoms with van der Waals surface area (Å²) in [6.45, 7) is 2.22. The summed E-state index contributed by atoms with van der Waals surface area (Å²) < 4.78 is 0. The Balaban J connectivity index is 1.91. The first-order chi connectivity index (χ1) is 12.2. The number of pyridine rings is 1. The topological polar surface area (TPSA) is 50.2 Å². The summed E-state index contributed by atoms with van der Waals surface area (Å²) in [5.74, 6) is -0.941. The van der Waals surface area contributed by atoms with E-state index in [1.54, 1.807) is 6.08 Å². The molecule has 0 atom stereocenters. The maximum absolute atomic E-state index is 10.4. The Bertz CT molecular complexity index is 713. The zero-order chi connectivity index (χ0) is 17.9. The highest BCUT2D eigenvalue weighted by molar-refractivity contribution is 5.80. The second-order valence-electron chi connectivity index (χ2n) is 6.02. The standard InChI is InChI=1S/C22H25NO2/c1-2-3-5-8-18-11-13-19(14-12-18)20-15-16-21(23-17-20)9-6-4-7-10-22(24)25/h4,6-7,10-17H,2-3,5,8-9H2,1H3,(H,24,25). The summed E-state index contributed by atoms with van der Waals surface area (Å²) >= 11 is 0. The molecule has 2 aromatic rings. The van der Waals surface area contributed by atoms with Gasteiger partial charge in [0.25, 0.3) is 0 Å². The van der Waals surface area contributed by atoms with Crippen molar-refractivity contribution in [3.8, 4) is 11.1 Å². The van der Waals surface area contributed by atoms with Gasteiger partial charge in [0.05, 0.1) is 0 Å². The van der Waals surface area contributed by atoms with E-state index in [4.69, 9.17) is 5.11 Å². The summed E-state index contributed by atoms with van der Waals surface area (Å²) in [4.78, 5) is 14.8. The molecule has 3 nitrogen and oxygen atoms in total. The smallest absolute Gasteiger partial charge is 0.328 e. The minimum absolute atomic E-state index is 0.681. The van der Waals surface area contributed by atoms with Crippen molar-refractivity contribution >= 4 is 5.97 Å². The normalized spacial score (nSPS) is 11.4. The Morgan fingerprint density at radius 2 is 1.80 bits per heavy atom. The lowest BCUT2D eigenvalue weighted by Gasteiger charge is -2.05. The van der Waals surface area contributed by atoms with Gasteiger partial charge in [-0.2, -0.15) is 0 Å². The first kappa shape index (κ1) is 18.7. The zero-order valence-electron chi connectivity index (χ0n) is 14.7. The number of carboxylic acids is 1. The van der Waals surface area contributed by atoms with Gasteiger partial charge in [-0.15, -0.1) is 0 Å². The Morgan fingerprint density at radius 1 is 1.04 bits per heavy atom. The molecule has 0 saturated carbocycles. The van der Waals surface area contributed by atoms with E-state index in [1.807, 2.05) is 18.3 Å². The molecule has 130 valence electrons. The number of aryl methyl sites for hydroxylation is 1. The van der Waals surface area contributed by atoms with Crippen LogP contribution in [-0.4, -0.2) is 16.1 Å². The number of allylic oxidation sites excluding steroid dienone is 3. The Kier molecular flexibility index (Phi) is 7.64. The van der Waals surface area contributed by atoms with Gasteiger partial charge in [-0.05, 0) is 30.0 Å². The third-order valence-electron chi connectivity index (χ3n) is 3.99. The average molecular weight is 335 g/mol. The molecule has 0 unspecified atom stereocenters. The fourth-order valence-electron chi connectivity index (χ4n) is 2.56. The number of unbranched alkanes of at least 4 members (excludes halogenated alkanes) is 2. The van der Waals surface area contributed by atoms with Gasteiger partial charge in [0.15, 0.2) is 0 Å². The number of hydrogen-bond donors (Lipinski definition) is 1. The molecule has 0 radical (unpaired) electrons. The number of carboxylic acid groups (broad SMARTS) is 1. The molecule has 0 spiro atoms. The molecular formula is C22H25NO2. The highest BCUT2D eigenvalue weighted by Gasteiger charge is 2.00. The Hall–Kier alpha value is -2.68. The minimum atomic E-state index is -0.941. The van der Waals surface area contributed by atoms with Crippen LogP contribution in [0.2, 0.25) is 0 Å². The summed E-state index contributed by atoms with van der Waals surface area (Å²) in [7, 11) is 0. The highest BCUT2D eigenvalue weighted by atomic mass is 16.4. The van der Waals surface area contributed by atoms with E-state index in [1.165, 1.54) is 36.5 Å². The number of aliphatic carboxylic acids is 1. The molecule has 1 heterocycles. The van der Waals surface area contributed by atoms with Gasteiger partial charge in [-0.3, -0.25) is 4.98 Å². The van der Waals surface area contributed by atoms with Gasteiger partial charge < -0.3 is 5.11 Å². The molecule has 1 aromatic heterocycles. The van der Waals surface area contributed by atoms with Crippen LogP contribution in [0.25, 0.3) is 11.1 Å². The van der Waals surface area contributed by atoms with E-state index >= 15 is 0 Å². The fraction of sp³-hybridized carbons (Fsp3) is 0.273. The van der Waals surface area contributed by atoms with Crippen molar-refractivity contribution in [1.29, 1.82) is 0 Å². The minimum Gasteiger partial charge on any atom is -0.478 e. The second-order valence-corrected chi connectivity index (χ2v) is 6.02. The number of rotatable bonds is 9. The lowest BCUT2D eigenvalue weighted by molar-refractivity contribution is -0.131. The van der Waals surface area contributed by atoms with Crippen LogP contribution in [-0.2, 0) is 17.6 Å². The maximum atomic E-state index is 10.4. The number of carbonyl (C=O) groups is 1. The molecule has 1 aromatic carbocycles. The SMILES string of the molecule is CCCCCc1ccc(-c2ccc(CC=CC=CC(=O)O)nc2)cc1. The third-order valence-corrected chi connectivity index (χ3v) is 3.99. The molecule has 0 saturated heterocycles. The van der Waals surface area contributed by atoms with Crippen molar-refractivity contribution in [2.24, 2.45) is 0 Å². The lowest BCUT2D eigenvalue weighted by atomic mass is 10.0. The second kappa shape index (κ2) is 10.2. The lowest BCUT2D eigenvalue weighted by Crippen LogP contribution is -1.89. The predicted molar refractivity (Wildman–Crippen MR) is 103 cm³/mol. The van der Waals surface area contributed by atoms with Crippen LogP contribution in [0.1, 0.15) is 37.4 Å². The van der Waals surface area contributed by atoms with E-state index in [0.29, 0.717) is 6.42 Å². The van der Waals surface area contributed by atoms with Gasteiger partial charge in [-0.25, -0.2) is 4.79 Å². The fourth-order valence-corrected chi connectivity index (χ4v) is 2.56. The Labute approximate surface area is 149 Å². The molecule has 0 fully saturated rings. The first-order valence-electron chi connectivity index (χ1n) is 8.79. The summed E-state index contributed by atoms with van der Waals surface area (Å²) in [5.41, 5.74) is 4.64. The van der Waals surface area contributed by atoms with Gasteiger partial charge in [0.2, 0.25) is 0 Å². The van der Waals surface area contributed by atoms with E-state index in [0.717, 1.165) is 23.8 Å². The highest BCUT2D eigenvalue weighted by Crippen LogP contribution is 2.20. The molecule has 0 aliphatic heterocycles. The quantitative estimate of drug-likeness (QED) is 0.388. The number of aromatic nitrogens is 1. The van der Waals surface area contributed by atoms with Crippen LogP contribution in [0.5, 0.6) is 0 Å². The molecular weight excluding hydrogens is 310 g/mol. The van der Waals surface area contributed by atoms with Crippen LogP contribution in [0.15, 0.2) is 66.9 Å². The molecule has 0 amide bonds. The van der Waals surface area contributed by atoms with Gasteiger partial charge in [-0.1, -0.05) is 68.3 Å². The van der Waals surface area contributed by atoms with Crippen molar-refractivity contribution in [3.05, 3.63) is 78.2 Å². The van der Waals surface area contributed by atoms with E-state index in [-0.39, 0.29) is 0 Å². The van der Waals surface area contributed by atoms with Crippen molar-refractivity contribution < 1.29 is 9.90 Å². The number of hydrogen-bond acceptors (Lipinski definition) is 2. The first-order valence-corrected chi connectivity index (χ1v) is 8.79. The van der Waals surface area contributed by atoms with E-state index in [9.17, 15) is 4.79 Å². The van der Waals surface area contributed by atoms with Crippen molar-refractivity contribution in [2.45, 2.75) is 39.0 Å². The van der Waals surface area contributed by atoms with Crippen LogP contribution in [0, 0.1) is 0 Å². The predicted octanol–water partition coefficient (Wildman–Crippen LogP) is 5.22. The van der Waals surface area contributed by atoms with Crippen LogP contribution >= 0.6 is 0 Å².